The molecule has 29 heavy (non-hydrogen) atoms. The first-order chi connectivity index (χ1) is 14.0. The normalized spacial score (nSPS) is 14.9. The molecule has 0 saturated carbocycles. The van der Waals surface area contributed by atoms with Gasteiger partial charge in [0.05, 0.1) is 24.3 Å². The molecule has 0 aliphatic carbocycles. The molecule has 1 atom stereocenters. The van der Waals surface area contributed by atoms with Gasteiger partial charge in [-0.1, -0.05) is 18.2 Å². The molecule has 0 fully saturated rings. The average Bonchev–Trinajstić information content (AvgIpc) is 3.19. The molecule has 8 nitrogen and oxygen atoms in total. The van der Waals surface area contributed by atoms with Crippen molar-refractivity contribution in [3.63, 3.8) is 0 Å². The van der Waals surface area contributed by atoms with Crippen LogP contribution >= 0.6 is 11.3 Å². The summed E-state index contributed by atoms with van der Waals surface area (Å²) >= 11 is 1.05. The summed E-state index contributed by atoms with van der Waals surface area (Å²) in [6.45, 7) is 3.89. The molecule has 3 rings (SSSR count). The average molecular weight is 419 g/mol. The summed E-state index contributed by atoms with van der Waals surface area (Å²) < 4.78 is 20.6. The minimum Gasteiger partial charge on any atom is -0.462 e. The van der Waals surface area contributed by atoms with Crippen molar-refractivity contribution in [3.8, 4) is 0 Å². The fraction of sp³-hybridized carbons (Fsp3) is 0.350. The number of benzene rings is 1. The van der Waals surface area contributed by atoms with Gasteiger partial charge in [-0.15, -0.1) is 11.3 Å². The van der Waals surface area contributed by atoms with Crippen molar-refractivity contribution in [2.24, 2.45) is 0 Å². The molecule has 0 spiro atoms. The number of hydrogen-bond acceptors (Lipinski definition) is 9. The summed E-state index contributed by atoms with van der Waals surface area (Å²) in [4.78, 5) is 37.3. The van der Waals surface area contributed by atoms with Crippen LogP contribution in [-0.2, 0) is 18.9 Å². The van der Waals surface area contributed by atoms with E-state index in [0.29, 0.717) is 21.7 Å². The second-order valence-corrected chi connectivity index (χ2v) is 7.15. The molecule has 1 unspecified atom stereocenters. The van der Waals surface area contributed by atoms with Crippen LogP contribution in [0.2, 0.25) is 0 Å². The number of carbonyl (C=O) groups excluding carboxylic acids is 3. The number of esters is 3. The lowest BCUT2D eigenvalue weighted by molar-refractivity contribution is 0.0391. The van der Waals surface area contributed by atoms with Crippen molar-refractivity contribution in [1.29, 1.82) is 0 Å². The van der Waals surface area contributed by atoms with Crippen molar-refractivity contribution in [1.82, 2.24) is 0 Å². The van der Waals surface area contributed by atoms with Crippen LogP contribution < -0.4 is 5.32 Å². The predicted molar refractivity (Wildman–Crippen MR) is 105 cm³/mol. The number of methoxy groups -OCH3 is 1. The summed E-state index contributed by atoms with van der Waals surface area (Å²) in [5, 5.41) is 3.43. The lowest BCUT2D eigenvalue weighted by Gasteiger charge is -2.14. The smallest absolute Gasteiger partial charge is 0.348 e. The van der Waals surface area contributed by atoms with Crippen LogP contribution in [0.15, 0.2) is 24.3 Å². The van der Waals surface area contributed by atoms with Gasteiger partial charge in [0.15, 0.2) is 0 Å². The Balaban J connectivity index is 1.93. The summed E-state index contributed by atoms with van der Waals surface area (Å²) in [7, 11) is 1.51. The highest BCUT2D eigenvalue weighted by atomic mass is 32.1. The summed E-state index contributed by atoms with van der Waals surface area (Å²) in [5.74, 6) is -1.59. The molecule has 1 N–H and O–H groups in total. The molecule has 0 saturated heterocycles. The maximum Gasteiger partial charge on any atom is 0.348 e. The van der Waals surface area contributed by atoms with E-state index in [4.69, 9.17) is 18.9 Å². The Morgan fingerprint density at radius 3 is 2.66 bits per heavy atom. The highest BCUT2D eigenvalue weighted by Crippen LogP contribution is 2.39. The van der Waals surface area contributed by atoms with Crippen LogP contribution in [0, 0.1) is 6.92 Å². The quantitative estimate of drug-likeness (QED) is 0.395. The van der Waals surface area contributed by atoms with E-state index in [2.05, 4.69) is 5.32 Å². The Morgan fingerprint density at radius 1 is 1.17 bits per heavy atom. The first-order valence-electron chi connectivity index (χ1n) is 9.00. The zero-order chi connectivity index (χ0) is 21.0. The Labute approximate surface area is 171 Å². The zero-order valence-electron chi connectivity index (χ0n) is 16.3. The van der Waals surface area contributed by atoms with Crippen LogP contribution in [0.5, 0.6) is 0 Å². The van der Waals surface area contributed by atoms with Crippen LogP contribution in [-0.4, -0.2) is 44.8 Å². The molecule has 1 aliphatic rings. The molecule has 154 valence electrons. The predicted octanol–water partition coefficient (Wildman–Crippen LogP) is 3.32. The number of hydrogen-bond donors (Lipinski definition) is 1. The van der Waals surface area contributed by atoms with E-state index in [0.717, 1.165) is 11.3 Å². The van der Waals surface area contributed by atoms with Crippen LogP contribution in [0.1, 0.15) is 54.7 Å². The van der Waals surface area contributed by atoms with E-state index in [9.17, 15) is 14.4 Å². The van der Waals surface area contributed by atoms with E-state index >= 15 is 0 Å². The number of nitrogens with one attached hydrogen (secondary N) is 1. The minimum atomic E-state index is -0.776. The first kappa shape index (κ1) is 20.8. The van der Waals surface area contributed by atoms with Crippen molar-refractivity contribution >= 4 is 34.2 Å². The van der Waals surface area contributed by atoms with E-state index in [1.54, 1.807) is 38.1 Å². The van der Waals surface area contributed by atoms with Crippen molar-refractivity contribution in [2.45, 2.75) is 20.1 Å². The van der Waals surface area contributed by atoms with E-state index in [1.165, 1.54) is 7.11 Å². The van der Waals surface area contributed by atoms with Gasteiger partial charge in [0.1, 0.15) is 16.5 Å². The van der Waals surface area contributed by atoms with Gasteiger partial charge in [-0.3, -0.25) is 0 Å². The Hall–Kier alpha value is -2.91. The molecule has 1 aromatic heterocycles. The summed E-state index contributed by atoms with van der Waals surface area (Å²) in [5.41, 5.74) is 1.77. The number of rotatable bonds is 8. The number of ether oxygens (including phenoxy) is 4. The van der Waals surface area contributed by atoms with Gasteiger partial charge < -0.3 is 24.3 Å². The minimum absolute atomic E-state index is 0.0950. The molecule has 9 heteroatoms. The fourth-order valence-electron chi connectivity index (χ4n) is 2.91. The maximum atomic E-state index is 12.5. The SMILES string of the molecule is CCOC(=O)c1c(NC2OC(=O)c3ccccc32)sc(C(=O)OCCOC)c1C. The fourth-order valence-corrected chi connectivity index (χ4v) is 4.02. The second kappa shape index (κ2) is 9.06. The van der Waals surface area contributed by atoms with Crippen molar-refractivity contribution in [3.05, 3.63) is 51.4 Å². The van der Waals surface area contributed by atoms with Gasteiger partial charge in [0, 0.05) is 12.7 Å². The lowest BCUT2D eigenvalue weighted by atomic mass is 10.1. The monoisotopic (exact) mass is 419 g/mol. The van der Waals surface area contributed by atoms with Crippen molar-refractivity contribution in [2.75, 3.05) is 32.2 Å². The third-order valence-corrected chi connectivity index (χ3v) is 5.49. The van der Waals surface area contributed by atoms with E-state index in [1.807, 2.05) is 0 Å². The van der Waals surface area contributed by atoms with Gasteiger partial charge in [-0.2, -0.15) is 0 Å². The number of carbonyl (C=O) groups is 3. The zero-order valence-corrected chi connectivity index (χ0v) is 17.1. The van der Waals surface area contributed by atoms with E-state index < -0.39 is 24.1 Å². The third kappa shape index (κ3) is 4.25. The number of thiophene rings is 1. The molecular formula is C20H21NO7S. The molecule has 0 radical (unpaired) electrons. The lowest BCUT2D eigenvalue weighted by Crippen LogP contribution is -2.14. The summed E-state index contributed by atoms with van der Waals surface area (Å²) in [6.07, 6.45) is -0.776. The number of anilines is 1. The molecule has 0 amide bonds. The Kier molecular flexibility index (Phi) is 6.50. The van der Waals surface area contributed by atoms with Gasteiger partial charge in [-0.05, 0) is 25.5 Å². The number of fused-ring (bicyclic) bond motifs is 1. The second-order valence-electron chi connectivity index (χ2n) is 6.13. The van der Waals surface area contributed by atoms with Gasteiger partial charge >= 0.3 is 17.9 Å². The van der Waals surface area contributed by atoms with E-state index in [-0.39, 0.29) is 30.3 Å². The summed E-state index contributed by atoms with van der Waals surface area (Å²) in [6, 6.07) is 6.97. The van der Waals surface area contributed by atoms with Crippen LogP contribution in [0.25, 0.3) is 0 Å². The number of cyclic esters (lactones) is 1. The molecular weight excluding hydrogens is 398 g/mol. The Bertz CT molecular complexity index is 937. The van der Waals surface area contributed by atoms with Crippen molar-refractivity contribution < 1.29 is 33.3 Å². The third-order valence-electron chi connectivity index (χ3n) is 4.28. The topological polar surface area (TPSA) is 100 Å². The molecule has 2 aromatic rings. The molecule has 1 aromatic carbocycles. The highest BCUT2D eigenvalue weighted by molar-refractivity contribution is 7.18. The van der Waals surface area contributed by atoms with Gasteiger partial charge in [0.2, 0.25) is 6.23 Å². The Morgan fingerprint density at radius 2 is 1.93 bits per heavy atom. The van der Waals surface area contributed by atoms with Gasteiger partial charge in [0.25, 0.3) is 0 Å². The van der Waals surface area contributed by atoms with Gasteiger partial charge in [-0.25, -0.2) is 14.4 Å². The highest BCUT2D eigenvalue weighted by Gasteiger charge is 2.34. The molecule has 1 aliphatic heterocycles. The maximum absolute atomic E-state index is 12.5. The van der Waals surface area contributed by atoms with Crippen LogP contribution in [0.3, 0.4) is 0 Å². The first-order valence-corrected chi connectivity index (χ1v) is 9.82. The molecule has 2 heterocycles. The van der Waals surface area contributed by atoms with Crippen LogP contribution in [0.4, 0.5) is 5.00 Å². The standard InChI is InChI=1S/C20H21NO7S/c1-4-26-19(23)14-11(2)15(20(24)27-10-9-25-3)29-17(14)21-16-12-7-5-6-8-13(12)18(22)28-16/h5-8,16,21H,4,9-10H2,1-3H3. The molecule has 0 bridgehead atoms. The largest absolute Gasteiger partial charge is 0.462 e.